The number of carboxylic acids is 1. The zero-order valence-electron chi connectivity index (χ0n) is 13.6. The minimum Gasteiger partial charge on any atom is -0.478 e. The van der Waals surface area contributed by atoms with Gasteiger partial charge in [-0.15, -0.1) is 10.2 Å². The average Bonchev–Trinajstić information content (AvgIpc) is 3.12. The zero-order chi connectivity index (χ0) is 19.5. The van der Waals surface area contributed by atoms with Crippen molar-refractivity contribution in [2.45, 2.75) is 11.8 Å². The quantitative estimate of drug-likeness (QED) is 0.607. The van der Waals surface area contributed by atoms with Gasteiger partial charge in [0.25, 0.3) is 5.66 Å². The number of azo groups is 1. The maximum atomic E-state index is 12.3. The highest BCUT2D eigenvalue weighted by atomic mass is 19.4. The van der Waals surface area contributed by atoms with Crippen LogP contribution in [0.25, 0.3) is 11.1 Å². The molecule has 0 fully saturated rings. The third-order valence-electron chi connectivity index (χ3n) is 3.65. The number of halogens is 3. The van der Waals surface area contributed by atoms with Gasteiger partial charge in [-0.2, -0.15) is 18.1 Å². The van der Waals surface area contributed by atoms with Crippen LogP contribution in [0.3, 0.4) is 0 Å². The highest BCUT2D eigenvalue weighted by Crippen LogP contribution is 2.40. The fourth-order valence-corrected chi connectivity index (χ4v) is 2.52. The third kappa shape index (κ3) is 3.80. The van der Waals surface area contributed by atoms with Crippen LogP contribution in [-0.4, -0.2) is 30.2 Å². The van der Waals surface area contributed by atoms with Gasteiger partial charge in [0.1, 0.15) is 6.34 Å². The molecule has 0 aromatic heterocycles. The zero-order valence-corrected chi connectivity index (χ0v) is 13.6. The van der Waals surface area contributed by atoms with Crippen molar-refractivity contribution in [3.05, 3.63) is 54.1 Å². The Kier molecular flexibility index (Phi) is 4.91. The van der Waals surface area contributed by atoms with Crippen LogP contribution in [0, 0.1) is 0 Å². The molecule has 3 rings (SSSR count). The molecule has 7 nitrogen and oxygen atoms in total. The molecule has 1 N–H and O–H groups in total. The Bertz CT molecular complexity index is 900. The summed E-state index contributed by atoms with van der Waals surface area (Å²) < 4.78 is 36.8. The van der Waals surface area contributed by atoms with Crippen LogP contribution < -0.4 is 4.89 Å². The van der Waals surface area contributed by atoms with Gasteiger partial charge in [-0.05, 0) is 11.6 Å². The molecular weight excluding hydrogens is 367 g/mol. The van der Waals surface area contributed by atoms with Crippen molar-refractivity contribution in [2.75, 3.05) is 6.61 Å². The lowest BCUT2D eigenvalue weighted by Gasteiger charge is -2.21. The number of hydrogen-bond donors (Lipinski definition) is 1. The van der Waals surface area contributed by atoms with Gasteiger partial charge in [-0.1, -0.05) is 42.5 Å². The van der Waals surface area contributed by atoms with E-state index >= 15 is 0 Å². The number of alkyl halides is 3. The van der Waals surface area contributed by atoms with Crippen molar-refractivity contribution < 1.29 is 32.8 Å². The summed E-state index contributed by atoms with van der Waals surface area (Å²) in [5.41, 5.74) is -1.13. The summed E-state index contributed by atoms with van der Waals surface area (Å²) in [5, 5.41) is 16.9. The largest absolute Gasteiger partial charge is 0.478 e. The second-order valence-electron chi connectivity index (χ2n) is 5.44. The van der Waals surface area contributed by atoms with Gasteiger partial charge in [0.05, 0.1) is 0 Å². The summed E-state index contributed by atoms with van der Waals surface area (Å²) in [6.07, 6.45) is -3.53. The molecule has 10 heteroatoms. The van der Waals surface area contributed by atoms with E-state index in [-0.39, 0.29) is 11.3 Å². The molecule has 0 saturated carbocycles. The molecule has 1 unspecified atom stereocenters. The van der Waals surface area contributed by atoms with Crippen molar-refractivity contribution in [3.8, 4) is 16.9 Å². The van der Waals surface area contributed by atoms with Gasteiger partial charge < -0.3 is 9.99 Å². The lowest BCUT2D eigenvalue weighted by atomic mass is 9.91. The van der Waals surface area contributed by atoms with E-state index in [4.69, 9.17) is 4.89 Å². The Morgan fingerprint density at radius 2 is 1.74 bits per heavy atom. The SMILES string of the molecule is O=C(O)C1(c2ccccc2-c2ccccc2OOCC(F)(F)F)N=CN=N1. The van der Waals surface area contributed by atoms with E-state index in [1.165, 1.54) is 12.1 Å². The first-order chi connectivity index (χ1) is 12.8. The summed E-state index contributed by atoms with van der Waals surface area (Å²) in [6.45, 7) is -1.60. The Morgan fingerprint density at radius 1 is 1.07 bits per heavy atom. The Morgan fingerprint density at radius 3 is 2.37 bits per heavy atom. The molecule has 27 heavy (non-hydrogen) atoms. The molecule has 0 aliphatic carbocycles. The van der Waals surface area contributed by atoms with E-state index in [1.807, 2.05) is 0 Å². The minimum absolute atomic E-state index is 0.0198. The van der Waals surface area contributed by atoms with E-state index in [0.29, 0.717) is 11.1 Å². The monoisotopic (exact) mass is 379 g/mol. The summed E-state index contributed by atoms with van der Waals surface area (Å²) in [7, 11) is 0. The summed E-state index contributed by atoms with van der Waals surface area (Å²) in [5.74, 6) is -1.37. The number of rotatable bonds is 6. The number of benzene rings is 2. The van der Waals surface area contributed by atoms with Gasteiger partial charge in [0.2, 0.25) is 0 Å². The highest BCUT2D eigenvalue weighted by molar-refractivity contribution is 5.88. The summed E-state index contributed by atoms with van der Waals surface area (Å²) in [4.78, 5) is 24.8. The molecule has 1 aliphatic rings. The van der Waals surface area contributed by atoms with Crippen molar-refractivity contribution in [3.63, 3.8) is 0 Å². The molecule has 1 atom stereocenters. The number of para-hydroxylation sites is 1. The van der Waals surface area contributed by atoms with Crippen LogP contribution in [0.1, 0.15) is 5.56 Å². The van der Waals surface area contributed by atoms with Crippen LogP contribution in [-0.2, 0) is 15.3 Å². The normalized spacial score (nSPS) is 18.6. The van der Waals surface area contributed by atoms with Gasteiger partial charge in [0.15, 0.2) is 12.4 Å². The first-order valence-corrected chi connectivity index (χ1v) is 7.58. The van der Waals surface area contributed by atoms with E-state index in [1.54, 1.807) is 36.4 Å². The molecule has 0 bridgehead atoms. The van der Waals surface area contributed by atoms with E-state index in [0.717, 1.165) is 6.34 Å². The lowest BCUT2D eigenvalue weighted by molar-refractivity contribution is -0.282. The molecule has 0 spiro atoms. The summed E-state index contributed by atoms with van der Waals surface area (Å²) in [6, 6.07) is 12.4. The first kappa shape index (κ1) is 18.5. The van der Waals surface area contributed by atoms with Crippen molar-refractivity contribution in [2.24, 2.45) is 15.2 Å². The van der Waals surface area contributed by atoms with Crippen molar-refractivity contribution in [1.82, 2.24) is 0 Å². The summed E-state index contributed by atoms with van der Waals surface area (Å²) >= 11 is 0. The van der Waals surface area contributed by atoms with Crippen molar-refractivity contribution in [1.29, 1.82) is 0 Å². The Labute approximate surface area is 150 Å². The van der Waals surface area contributed by atoms with Crippen LogP contribution in [0.4, 0.5) is 13.2 Å². The smallest absolute Gasteiger partial charge is 0.415 e. The second kappa shape index (κ2) is 7.16. The molecule has 0 amide bonds. The molecule has 0 radical (unpaired) electrons. The topological polar surface area (TPSA) is 92.8 Å². The molecule has 140 valence electrons. The standard InChI is InChI=1S/C17H12F3N3O4/c18-16(19,20)9-26-27-14-8-4-2-6-12(14)11-5-1-3-7-13(11)17(15(24)25)21-10-22-23-17/h1-8,10H,9H2,(H,24,25). The second-order valence-corrected chi connectivity index (χ2v) is 5.44. The lowest BCUT2D eigenvalue weighted by Crippen LogP contribution is -2.30. The highest BCUT2D eigenvalue weighted by Gasteiger charge is 2.44. The Balaban J connectivity index is 2.03. The van der Waals surface area contributed by atoms with Crippen LogP contribution in [0.5, 0.6) is 5.75 Å². The maximum absolute atomic E-state index is 12.3. The van der Waals surface area contributed by atoms with Crippen molar-refractivity contribution >= 4 is 12.3 Å². The fraction of sp³-hybridized carbons (Fsp3) is 0.176. The van der Waals surface area contributed by atoms with Crippen LogP contribution in [0.15, 0.2) is 63.8 Å². The molecule has 2 aromatic carbocycles. The molecule has 1 heterocycles. The molecular formula is C17H12F3N3O4. The Hall–Kier alpha value is -3.27. The van der Waals surface area contributed by atoms with Gasteiger partial charge in [-0.3, -0.25) is 0 Å². The number of carboxylic acid groups (broad SMARTS) is 1. The van der Waals surface area contributed by atoms with Crippen LogP contribution in [0.2, 0.25) is 0 Å². The van der Waals surface area contributed by atoms with E-state index in [9.17, 15) is 23.1 Å². The first-order valence-electron chi connectivity index (χ1n) is 7.58. The number of aliphatic imine (C=N–C) groups is 1. The van der Waals surface area contributed by atoms with Gasteiger partial charge >= 0.3 is 12.1 Å². The number of hydrogen-bond acceptors (Lipinski definition) is 6. The number of nitrogens with zero attached hydrogens (tertiary/aromatic N) is 3. The van der Waals surface area contributed by atoms with Gasteiger partial charge in [0, 0.05) is 11.1 Å². The number of carbonyl (C=O) groups is 1. The minimum atomic E-state index is -4.56. The maximum Gasteiger partial charge on any atom is 0.415 e. The predicted octanol–water partition coefficient (Wildman–Crippen LogP) is 3.96. The average molecular weight is 379 g/mol. The molecule has 2 aromatic rings. The predicted molar refractivity (Wildman–Crippen MR) is 87.2 cm³/mol. The molecule has 1 aliphatic heterocycles. The van der Waals surface area contributed by atoms with E-state index < -0.39 is 24.4 Å². The number of aliphatic carboxylic acids is 1. The van der Waals surface area contributed by atoms with Gasteiger partial charge in [-0.25, -0.2) is 9.79 Å². The van der Waals surface area contributed by atoms with Crippen LogP contribution >= 0.6 is 0 Å². The molecule has 0 saturated heterocycles. The fourth-order valence-electron chi connectivity index (χ4n) is 2.52. The van der Waals surface area contributed by atoms with E-state index in [2.05, 4.69) is 20.1 Å². The third-order valence-corrected chi connectivity index (χ3v) is 3.65.